The van der Waals surface area contributed by atoms with Gasteiger partial charge in [-0.25, -0.2) is 0 Å². The van der Waals surface area contributed by atoms with Gasteiger partial charge in [0.25, 0.3) is 0 Å². The molecule has 1 heterocycles. The molecule has 2 aromatic rings. The number of rotatable bonds is 3. The van der Waals surface area contributed by atoms with E-state index in [-0.39, 0.29) is 6.10 Å². The second kappa shape index (κ2) is 5.78. The molecule has 1 unspecified atom stereocenters. The molecular formula is C16H15Br2NO. The van der Waals surface area contributed by atoms with Gasteiger partial charge < -0.3 is 10.1 Å². The van der Waals surface area contributed by atoms with E-state index in [4.69, 9.17) is 4.74 Å². The van der Waals surface area contributed by atoms with E-state index in [9.17, 15) is 0 Å². The van der Waals surface area contributed by atoms with Gasteiger partial charge in [-0.1, -0.05) is 22.0 Å². The van der Waals surface area contributed by atoms with Crippen LogP contribution in [0.1, 0.15) is 11.1 Å². The predicted octanol–water partition coefficient (Wildman–Crippen LogP) is 4.94. The molecule has 1 aliphatic rings. The Morgan fingerprint density at radius 1 is 1.20 bits per heavy atom. The second-order valence-electron chi connectivity index (χ2n) is 5.06. The first-order valence-corrected chi connectivity index (χ1v) is 8.15. The predicted molar refractivity (Wildman–Crippen MR) is 89.6 cm³/mol. The first-order valence-electron chi connectivity index (χ1n) is 6.57. The number of nitrogens with one attached hydrogen (secondary N) is 1. The van der Waals surface area contributed by atoms with E-state index < -0.39 is 0 Å². The van der Waals surface area contributed by atoms with Crippen LogP contribution in [0, 0.1) is 6.92 Å². The molecule has 20 heavy (non-hydrogen) atoms. The molecule has 104 valence electrons. The van der Waals surface area contributed by atoms with E-state index in [1.165, 1.54) is 11.1 Å². The van der Waals surface area contributed by atoms with E-state index >= 15 is 0 Å². The molecule has 2 nitrogen and oxygen atoms in total. The number of aryl methyl sites for hydroxylation is 1. The van der Waals surface area contributed by atoms with Crippen molar-refractivity contribution in [2.24, 2.45) is 0 Å². The molecule has 1 aliphatic heterocycles. The summed E-state index contributed by atoms with van der Waals surface area (Å²) in [7, 11) is 0. The molecule has 0 aliphatic carbocycles. The molecule has 4 heteroatoms. The van der Waals surface area contributed by atoms with Gasteiger partial charge in [0.2, 0.25) is 0 Å². The SMILES string of the molecule is Cc1ccc(NCC2Cc3cc(Br)ccc3O2)c(Br)c1. The third kappa shape index (κ3) is 3.01. The summed E-state index contributed by atoms with van der Waals surface area (Å²) in [6.07, 6.45) is 1.14. The van der Waals surface area contributed by atoms with Gasteiger partial charge in [-0.2, -0.15) is 0 Å². The van der Waals surface area contributed by atoms with Gasteiger partial charge in [0.15, 0.2) is 0 Å². The zero-order chi connectivity index (χ0) is 14.1. The lowest BCUT2D eigenvalue weighted by atomic mass is 10.1. The first-order chi connectivity index (χ1) is 9.61. The van der Waals surface area contributed by atoms with Gasteiger partial charge in [-0.15, -0.1) is 0 Å². The Kier molecular flexibility index (Phi) is 4.03. The fourth-order valence-electron chi connectivity index (χ4n) is 2.39. The summed E-state index contributed by atoms with van der Waals surface area (Å²) >= 11 is 7.08. The summed E-state index contributed by atoms with van der Waals surface area (Å²) in [6.45, 7) is 2.89. The molecule has 3 rings (SSSR count). The van der Waals surface area contributed by atoms with Crippen LogP contribution in [0.2, 0.25) is 0 Å². The highest BCUT2D eigenvalue weighted by atomic mass is 79.9. The van der Waals surface area contributed by atoms with Gasteiger partial charge in [0.1, 0.15) is 11.9 Å². The van der Waals surface area contributed by atoms with Crippen LogP contribution >= 0.6 is 31.9 Å². The number of fused-ring (bicyclic) bond motifs is 1. The summed E-state index contributed by atoms with van der Waals surface area (Å²) < 4.78 is 8.15. The van der Waals surface area contributed by atoms with Crippen molar-refractivity contribution in [1.29, 1.82) is 0 Å². The number of hydrogen-bond donors (Lipinski definition) is 1. The van der Waals surface area contributed by atoms with Crippen LogP contribution in [0.25, 0.3) is 0 Å². The zero-order valence-corrected chi connectivity index (χ0v) is 14.3. The smallest absolute Gasteiger partial charge is 0.123 e. The standard InChI is InChI=1S/C16H15Br2NO/c1-10-2-4-15(14(18)6-10)19-9-13-8-11-7-12(17)3-5-16(11)20-13/h2-7,13,19H,8-9H2,1H3. The lowest BCUT2D eigenvalue weighted by molar-refractivity contribution is 0.246. The van der Waals surface area contributed by atoms with Gasteiger partial charge in [-0.05, 0) is 64.3 Å². The molecular weight excluding hydrogens is 382 g/mol. The molecule has 0 radical (unpaired) electrons. The Labute approximate surface area is 135 Å². The van der Waals surface area contributed by atoms with Crippen LogP contribution < -0.4 is 10.1 Å². The maximum Gasteiger partial charge on any atom is 0.123 e. The first kappa shape index (κ1) is 14.0. The van der Waals surface area contributed by atoms with Crippen molar-refractivity contribution >= 4 is 37.5 Å². The quantitative estimate of drug-likeness (QED) is 0.793. The molecule has 0 saturated heterocycles. The molecule has 1 N–H and O–H groups in total. The molecule has 0 amide bonds. The molecule has 1 atom stereocenters. The maximum atomic E-state index is 5.95. The number of benzene rings is 2. The lowest BCUT2D eigenvalue weighted by Crippen LogP contribution is -2.24. The average Bonchev–Trinajstić information content (AvgIpc) is 2.79. The van der Waals surface area contributed by atoms with Crippen LogP contribution in [0.5, 0.6) is 5.75 Å². The normalized spacial score (nSPS) is 16.6. The van der Waals surface area contributed by atoms with Crippen LogP contribution in [0.3, 0.4) is 0 Å². The minimum absolute atomic E-state index is 0.188. The minimum Gasteiger partial charge on any atom is -0.488 e. The van der Waals surface area contributed by atoms with Gasteiger partial charge in [0, 0.05) is 21.1 Å². The highest BCUT2D eigenvalue weighted by Gasteiger charge is 2.22. The minimum atomic E-state index is 0.188. The van der Waals surface area contributed by atoms with Crippen LogP contribution in [-0.2, 0) is 6.42 Å². The largest absolute Gasteiger partial charge is 0.488 e. The van der Waals surface area contributed by atoms with E-state index in [1.807, 2.05) is 12.1 Å². The Bertz CT molecular complexity index is 642. The topological polar surface area (TPSA) is 21.3 Å². The van der Waals surface area contributed by atoms with Crippen molar-refractivity contribution in [3.05, 3.63) is 56.5 Å². The summed E-state index contributed by atoms with van der Waals surface area (Å²) in [5.74, 6) is 1.00. The molecule has 0 saturated carbocycles. The zero-order valence-electron chi connectivity index (χ0n) is 11.1. The summed E-state index contributed by atoms with van der Waals surface area (Å²) in [6, 6.07) is 12.5. The number of ether oxygens (including phenoxy) is 1. The van der Waals surface area contributed by atoms with Crippen molar-refractivity contribution in [3.63, 3.8) is 0 Å². The summed E-state index contributed by atoms with van der Waals surface area (Å²) in [5.41, 5.74) is 3.63. The monoisotopic (exact) mass is 395 g/mol. The molecule has 0 spiro atoms. The third-order valence-electron chi connectivity index (χ3n) is 3.41. The van der Waals surface area contributed by atoms with E-state index in [1.54, 1.807) is 0 Å². The van der Waals surface area contributed by atoms with Gasteiger partial charge in [0.05, 0.1) is 6.54 Å². The Morgan fingerprint density at radius 2 is 2.05 bits per heavy atom. The average molecular weight is 397 g/mol. The van der Waals surface area contributed by atoms with Crippen molar-refractivity contribution in [2.45, 2.75) is 19.4 Å². The fraction of sp³-hybridized carbons (Fsp3) is 0.250. The van der Waals surface area contributed by atoms with Crippen molar-refractivity contribution in [1.82, 2.24) is 0 Å². The molecule has 0 fully saturated rings. The Hall–Kier alpha value is -1.00. The summed E-state index contributed by atoms with van der Waals surface area (Å²) in [5, 5.41) is 3.45. The van der Waals surface area contributed by atoms with Crippen LogP contribution in [0.15, 0.2) is 45.3 Å². The maximum absolute atomic E-state index is 5.95. The van der Waals surface area contributed by atoms with E-state index in [0.29, 0.717) is 0 Å². The molecule has 2 aromatic carbocycles. The van der Waals surface area contributed by atoms with E-state index in [0.717, 1.165) is 33.3 Å². The lowest BCUT2D eigenvalue weighted by Gasteiger charge is -2.14. The van der Waals surface area contributed by atoms with Gasteiger partial charge >= 0.3 is 0 Å². The van der Waals surface area contributed by atoms with Crippen LogP contribution in [0.4, 0.5) is 5.69 Å². The van der Waals surface area contributed by atoms with E-state index in [2.05, 4.69) is 68.4 Å². The highest BCUT2D eigenvalue weighted by molar-refractivity contribution is 9.10. The van der Waals surface area contributed by atoms with Crippen LogP contribution in [-0.4, -0.2) is 12.6 Å². The molecule has 0 bridgehead atoms. The summed E-state index contributed by atoms with van der Waals surface area (Å²) in [4.78, 5) is 0. The fourth-order valence-corrected chi connectivity index (χ4v) is 3.43. The third-order valence-corrected chi connectivity index (χ3v) is 4.56. The highest BCUT2D eigenvalue weighted by Crippen LogP contribution is 2.31. The second-order valence-corrected chi connectivity index (χ2v) is 6.83. The number of halogens is 2. The number of anilines is 1. The Morgan fingerprint density at radius 3 is 2.85 bits per heavy atom. The van der Waals surface area contributed by atoms with Crippen molar-refractivity contribution < 1.29 is 4.74 Å². The van der Waals surface area contributed by atoms with Crippen molar-refractivity contribution in [2.75, 3.05) is 11.9 Å². The molecule has 0 aromatic heterocycles. The Balaban J connectivity index is 1.63. The van der Waals surface area contributed by atoms with Gasteiger partial charge in [-0.3, -0.25) is 0 Å². The van der Waals surface area contributed by atoms with Crippen molar-refractivity contribution in [3.8, 4) is 5.75 Å². The number of hydrogen-bond acceptors (Lipinski definition) is 2.